The Balaban J connectivity index is 1.54. The van der Waals surface area contributed by atoms with Crippen molar-refractivity contribution in [2.75, 3.05) is 13.2 Å². The molecule has 24 heavy (non-hydrogen) atoms. The summed E-state index contributed by atoms with van der Waals surface area (Å²) >= 11 is 0. The number of carbonyl (C=O) groups is 1. The van der Waals surface area contributed by atoms with E-state index in [4.69, 9.17) is 14.2 Å². The number of hydrogen-bond donors (Lipinski definition) is 0. The van der Waals surface area contributed by atoms with Crippen LogP contribution in [0.3, 0.4) is 0 Å². The average Bonchev–Trinajstić information content (AvgIpc) is 3.02. The van der Waals surface area contributed by atoms with Gasteiger partial charge in [0.25, 0.3) is 0 Å². The summed E-state index contributed by atoms with van der Waals surface area (Å²) in [5, 5.41) is 0. The summed E-state index contributed by atoms with van der Waals surface area (Å²) in [6.45, 7) is 2.87. The van der Waals surface area contributed by atoms with Gasteiger partial charge in [-0.1, -0.05) is 64.0 Å². The van der Waals surface area contributed by atoms with Crippen LogP contribution in [0.5, 0.6) is 5.75 Å². The molecule has 1 aliphatic rings. The lowest BCUT2D eigenvalue weighted by Gasteiger charge is -2.10. The molecule has 0 N–H and O–H groups in total. The second-order valence-electron chi connectivity index (χ2n) is 6.48. The maximum atomic E-state index is 10.8. The van der Waals surface area contributed by atoms with Crippen molar-refractivity contribution in [1.29, 1.82) is 0 Å². The van der Waals surface area contributed by atoms with Gasteiger partial charge in [0, 0.05) is 0 Å². The highest BCUT2D eigenvalue weighted by atomic mass is 16.8. The number of hydrogen-bond acceptors (Lipinski definition) is 4. The SMILES string of the molecule is CCCCCCCCCCc1ccc(OCC2COC(=O)O2)cc1. The van der Waals surface area contributed by atoms with Gasteiger partial charge in [0.15, 0.2) is 6.10 Å². The molecule has 0 aromatic heterocycles. The van der Waals surface area contributed by atoms with E-state index < -0.39 is 6.16 Å². The fraction of sp³-hybridized carbons (Fsp3) is 0.650. The maximum absolute atomic E-state index is 10.8. The number of aryl methyl sites for hydroxylation is 1. The van der Waals surface area contributed by atoms with Crippen LogP contribution in [0.2, 0.25) is 0 Å². The lowest BCUT2D eigenvalue weighted by atomic mass is 10.0. The molecule has 1 fully saturated rings. The second kappa shape index (κ2) is 11.0. The summed E-state index contributed by atoms with van der Waals surface area (Å²) in [6.07, 6.45) is 11.0. The van der Waals surface area contributed by atoms with Crippen LogP contribution in [-0.4, -0.2) is 25.5 Å². The molecular weight excluding hydrogens is 304 g/mol. The molecule has 2 rings (SSSR count). The van der Waals surface area contributed by atoms with E-state index in [1.54, 1.807) is 0 Å². The largest absolute Gasteiger partial charge is 0.508 e. The molecule has 1 aromatic carbocycles. The first-order valence-corrected chi connectivity index (χ1v) is 9.33. The van der Waals surface area contributed by atoms with Gasteiger partial charge in [-0.05, 0) is 30.5 Å². The minimum absolute atomic E-state index is 0.273. The number of rotatable bonds is 12. The Kier molecular flexibility index (Phi) is 8.50. The molecule has 0 radical (unpaired) electrons. The van der Waals surface area contributed by atoms with Gasteiger partial charge in [0.1, 0.15) is 19.0 Å². The number of ether oxygens (including phenoxy) is 3. The third-order valence-electron chi connectivity index (χ3n) is 4.33. The highest BCUT2D eigenvalue weighted by molar-refractivity contribution is 5.61. The Morgan fingerprint density at radius 2 is 1.67 bits per heavy atom. The van der Waals surface area contributed by atoms with E-state index in [1.807, 2.05) is 12.1 Å². The number of benzene rings is 1. The van der Waals surface area contributed by atoms with Gasteiger partial charge in [-0.2, -0.15) is 0 Å². The van der Waals surface area contributed by atoms with E-state index in [0.29, 0.717) is 6.61 Å². The molecule has 0 amide bonds. The van der Waals surface area contributed by atoms with Crippen molar-refractivity contribution in [1.82, 2.24) is 0 Å². The molecule has 0 spiro atoms. The van der Waals surface area contributed by atoms with Crippen molar-refractivity contribution < 1.29 is 19.0 Å². The molecule has 1 aliphatic heterocycles. The second-order valence-corrected chi connectivity index (χ2v) is 6.48. The molecule has 4 heteroatoms. The third kappa shape index (κ3) is 7.24. The van der Waals surface area contributed by atoms with Crippen LogP contribution in [-0.2, 0) is 15.9 Å². The van der Waals surface area contributed by atoms with Crippen LogP contribution >= 0.6 is 0 Å². The molecule has 1 unspecified atom stereocenters. The van der Waals surface area contributed by atoms with Crippen molar-refractivity contribution in [2.45, 2.75) is 70.8 Å². The van der Waals surface area contributed by atoms with Crippen molar-refractivity contribution in [3.63, 3.8) is 0 Å². The Bertz CT molecular complexity index is 469. The zero-order valence-electron chi connectivity index (χ0n) is 14.8. The van der Waals surface area contributed by atoms with Gasteiger partial charge < -0.3 is 14.2 Å². The molecule has 0 bridgehead atoms. The summed E-state index contributed by atoms with van der Waals surface area (Å²) in [4.78, 5) is 10.8. The molecule has 4 nitrogen and oxygen atoms in total. The van der Waals surface area contributed by atoms with Gasteiger partial charge >= 0.3 is 6.16 Å². The molecular formula is C20H30O4. The molecule has 0 saturated carbocycles. The highest BCUT2D eigenvalue weighted by Crippen LogP contribution is 2.16. The molecule has 1 saturated heterocycles. The summed E-state index contributed by atoms with van der Waals surface area (Å²) in [5.74, 6) is 0.803. The fourth-order valence-corrected chi connectivity index (χ4v) is 2.85. The Morgan fingerprint density at radius 3 is 2.29 bits per heavy atom. The monoisotopic (exact) mass is 334 g/mol. The van der Waals surface area contributed by atoms with Gasteiger partial charge in [-0.15, -0.1) is 0 Å². The molecule has 1 aromatic rings. The minimum atomic E-state index is -0.607. The van der Waals surface area contributed by atoms with Crippen LogP contribution in [0.4, 0.5) is 4.79 Å². The average molecular weight is 334 g/mol. The number of unbranched alkanes of at least 4 members (excludes halogenated alkanes) is 7. The van der Waals surface area contributed by atoms with Crippen LogP contribution in [0.25, 0.3) is 0 Å². The number of cyclic esters (lactones) is 2. The van der Waals surface area contributed by atoms with Crippen molar-refractivity contribution in [3.8, 4) is 5.75 Å². The first-order valence-electron chi connectivity index (χ1n) is 9.33. The first kappa shape index (κ1) is 18.6. The van der Waals surface area contributed by atoms with Gasteiger partial charge in [-0.3, -0.25) is 0 Å². The fourth-order valence-electron chi connectivity index (χ4n) is 2.85. The van der Waals surface area contributed by atoms with E-state index in [2.05, 4.69) is 19.1 Å². The molecule has 134 valence electrons. The standard InChI is InChI=1S/C20H30O4/c1-2-3-4-5-6-7-8-9-10-17-11-13-18(14-12-17)22-15-19-16-23-20(21)24-19/h11-14,19H,2-10,15-16H2,1H3. The Hall–Kier alpha value is -1.71. The number of carbonyl (C=O) groups excluding carboxylic acids is 1. The van der Waals surface area contributed by atoms with Crippen LogP contribution in [0, 0.1) is 0 Å². The Morgan fingerprint density at radius 1 is 1.00 bits per heavy atom. The predicted molar refractivity (Wildman–Crippen MR) is 94.5 cm³/mol. The van der Waals surface area contributed by atoms with Crippen LogP contribution in [0.1, 0.15) is 63.9 Å². The topological polar surface area (TPSA) is 44.8 Å². The Labute approximate surface area is 145 Å². The first-order chi connectivity index (χ1) is 11.8. The van der Waals surface area contributed by atoms with Gasteiger partial charge in [-0.25, -0.2) is 4.79 Å². The lowest BCUT2D eigenvalue weighted by molar-refractivity contribution is 0.0983. The molecule has 0 aliphatic carbocycles. The third-order valence-corrected chi connectivity index (χ3v) is 4.33. The summed E-state index contributed by atoms with van der Waals surface area (Å²) in [6, 6.07) is 8.21. The molecule has 1 atom stereocenters. The van der Waals surface area contributed by atoms with Gasteiger partial charge in [0.2, 0.25) is 0 Å². The van der Waals surface area contributed by atoms with Crippen molar-refractivity contribution >= 4 is 6.16 Å². The van der Waals surface area contributed by atoms with E-state index in [-0.39, 0.29) is 12.7 Å². The van der Waals surface area contributed by atoms with E-state index in [0.717, 1.165) is 12.2 Å². The quantitative estimate of drug-likeness (QED) is 0.385. The highest BCUT2D eigenvalue weighted by Gasteiger charge is 2.25. The maximum Gasteiger partial charge on any atom is 0.508 e. The summed E-state index contributed by atoms with van der Waals surface area (Å²) < 4.78 is 15.3. The normalized spacial score (nSPS) is 16.7. The zero-order chi connectivity index (χ0) is 17.0. The van der Waals surface area contributed by atoms with Crippen molar-refractivity contribution in [3.05, 3.63) is 29.8 Å². The smallest absolute Gasteiger partial charge is 0.490 e. The van der Waals surface area contributed by atoms with Gasteiger partial charge in [0.05, 0.1) is 0 Å². The van der Waals surface area contributed by atoms with E-state index >= 15 is 0 Å². The van der Waals surface area contributed by atoms with E-state index in [9.17, 15) is 4.79 Å². The predicted octanol–water partition coefficient (Wildman–Crippen LogP) is 5.28. The summed E-state index contributed by atoms with van der Waals surface area (Å²) in [5.41, 5.74) is 1.35. The van der Waals surface area contributed by atoms with Crippen LogP contribution < -0.4 is 4.74 Å². The zero-order valence-corrected chi connectivity index (χ0v) is 14.8. The van der Waals surface area contributed by atoms with Crippen LogP contribution in [0.15, 0.2) is 24.3 Å². The minimum Gasteiger partial charge on any atom is -0.490 e. The molecule has 1 heterocycles. The lowest BCUT2D eigenvalue weighted by Crippen LogP contribution is -2.19. The van der Waals surface area contributed by atoms with Crippen molar-refractivity contribution in [2.24, 2.45) is 0 Å². The summed E-state index contributed by atoms with van der Waals surface area (Å²) in [7, 11) is 0. The van der Waals surface area contributed by atoms with E-state index in [1.165, 1.54) is 56.9 Å².